The first-order chi connectivity index (χ1) is 11.7. The minimum Gasteiger partial charge on any atom is -0.326 e. The molecule has 2 aromatic carbocycles. The fourth-order valence-corrected chi connectivity index (χ4v) is 3.93. The molecule has 1 N–H and O–H groups in total. The maximum atomic E-state index is 12.3. The van der Waals surface area contributed by atoms with Gasteiger partial charge in [-0.3, -0.25) is 14.5 Å². The predicted octanol–water partition coefficient (Wildman–Crippen LogP) is 4.20. The van der Waals surface area contributed by atoms with Crippen molar-refractivity contribution < 1.29 is 9.59 Å². The van der Waals surface area contributed by atoms with Gasteiger partial charge in [0, 0.05) is 17.8 Å². The first kappa shape index (κ1) is 16.6. The number of carbonyl (C=O) groups excluding carboxylic acids is 2. The number of benzene rings is 2. The maximum Gasteiger partial charge on any atom is 0.238 e. The van der Waals surface area contributed by atoms with Gasteiger partial charge in [-0.25, -0.2) is 0 Å². The molecule has 2 aromatic rings. The Kier molecular flexibility index (Phi) is 5.20. The number of nitrogens with zero attached hydrogens (tertiary/aromatic N) is 1. The van der Waals surface area contributed by atoms with Gasteiger partial charge < -0.3 is 5.32 Å². The van der Waals surface area contributed by atoms with Crippen LogP contribution < -0.4 is 10.2 Å². The molecule has 0 saturated carbocycles. The molecular formula is C19H20N2O2S. The van der Waals surface area contributed by atoms with Crippen molar-refractivity contribution in [2.75, 3.05) is 16.0 Å². The third-order valence-electron chi connectivity index (χ3n) is 3.83. The highest BCUT2D eigenvalue weighted by molar-refractivity contribution is 8.00. The summed E-state index contributed by atoms with van der Waals surface area (Å²) in [4.78, 5) is 26.0. The van der Waals surface area contributed by atoms with E-state index in [1.165, 1.54) is 0 Å². The maximum absolute atomic E-state index is 12.3. The first-order valence-corrected chi connectivity index (χ1v) is 9.12. The summed E-state index contributed by atoms with van der Waals surface area (Å²) in [5.41, 5.74) is 2.70. The van der Waals surface area contributed by atoms with E-state index in [0.29, 0.717) is 12.2 Å². The molecule has 5 heteroatoms. The van der Waals surface area contributed by atoms with Crippen LogP contribution in [0.2, 0.25) is 0 Å². The van der Waals surface area contributed by atoms with Gasteiger partial charge in [0.25, 0.3) is 0 Å². The lowest BCUT2D eigenvalue weighted by Crippen LogP contribution is -2.27. The highest BCUT2D eigenvalue weighted by Gasteiger charge is 2.34. The highest BCUT2D eigenvalue weighted by atomic mass is 32.2. The summed E-state index contributed by atoms with van der Waals surface area (Å²) >= 11 is 1.61. The van der Waals surface area contributed by atoms with Crippen LogP contribution in [0.3, 0.4) is 0 Å². The quantitative estimate of drug-likeness (QED) is 0.887. The van der Waals surface area contributed by atoms with Crippen molar-refractivity contribution in [3.8, 4) is 0 Å². The minimum atomic E-state index is -0.0667. The molecule has 0 bridgehead atoms. The Bertz CT molecular complexity index is 733. The number of amides is 2. The second-order valence-electron chi connectivity index (χ2n) is 5.69. The van der Waals surface area contributed by atoms with E-state index in [1.54, 1.807) is 11.8 Å². The normalized spacial score (nSPS) is 17.1. The van der Waals surface area contributed by atoms with Crippen LogP contribution in [0.4, 0.5) is 11.4 Å². The van der Waals surface area contributed by atoms with Crippen molar-refractivity contribution in [3.63, 3.8) is 0 Å². The summed E-state index contributed by atoms with van der Waals surface area (Å²) in [7, 11) is 0. The van der Waals surface area contributed by atoms with Gasteiger partial charge in [0.15, 0.2) is 0 Å². The number of hydrogen-bond donors (Lipinski definition) is 1. The Balaban J connectivity index is 1.85. The summed E-state index contributed by atoms with van der Waals surface area (Å²) in [6.45, 7) is 1.98. The average Bonchev–Trinajstić information content (AvgIpc) is 2.98. The molecule has 124 valence electrons. The molecular weight excluding hydrogens is 320 g/mol. The Morgan fingerprint density at radius 1 is 1.21 bits per heavy atom. The fourth-order valence-electron chi connectivity index (χ4n) is 2.76. The number of para-hydroxylation sites is 1. The van der Waals surface area contributed by atoms with Gasteiger partial charge in [0.1, 0.15) is 5.37 Å². The Hall–Kier alpha value is -2.27. The summed E-state index contributed by atoms with van der Waals surface area (Å²) < 4.78 is 0. The van der Waals surface area contributed by atoms with Crippen molar-refractivity contribution >= 4 is 35.0 Å². The van der Waals surface area contributed by atoms with Crippen LogP contribution in [-0.2, 0) is 9.59 Å². The summed E-state index contributed by atoms with van der Waals surface area (Å²) in [5.74, 6) is 0.591. The number of thioether (sulfide) groups is 1. The van der Waals surface area contributed by atoms with E-state index in [-0.39, 0.29) is 17.2 Å². The largest absolute Gasteiger partial charge is 0.326 e. The summed E-state index contributed by atoms with van der Waals surface area (Å²) in [5, 5.41) is 2.85. The Labute approximate surface area is 146 Å². The van der Waals surface area contributed by atoms with Gasteiger partial charge in [-0.05, 0) is 36.2 Å². The highest BCUT2D eigenvalue weighted by Crippen LogP contribution is 2.42. The molecule has 0 aromatic heterocycles. The van der Waals surface area contributed by atoms with Crippen molar-refractivity contribution in [2.24, 2.45) is 0 Å². The second-order valence-corrected chi connectivity index (χ2v) is 6.75. The van der Waals surface area contributed by atoms with Gasteiger partial charge >= 0.3 is 0 Å². The van der Waals surface area contributed by atoms with Gasteiger partial charge in [-0.15, -0.1) is 11.8 Å². The SMILES string of the molecule is CCCC(=O)Nc1cccc([C@@H]2SCC(=O)N2c2ccccc2)c1. The lowest BCUT2D eigenvalue weighted by atomic mass is 10.1. The van der Waals surface area contributed by atoms with Crippen LogP contribution in [0.15, 0.2) is 54.6 Å². The lowest BCUT2D eigenvalue weighted by Gasteiger charge is -2.24. The van der Waals surface area contributed by atoms with Crippen molar-refractivity contribution in [1.29, 1.82) is 0 Å². The molecule has 0 unspecified atom stereocenters. The molecule has 1 aliphatic heterocycles. The molecule has 1 aliphatic rings. The van der Waals surface area contributed by atoms with Crippen LogP contribution in [-0.4, -0.2) is 17.6 Å². The molecule has 24 heavy (non-hydrogen) atoms. The van der Waals surface area contributed by atoms with Crippen molar-refractivity contribution in [1.82, 2.24) is 0 Å². The van der Waals surface area contributed by atoms with Gasteiger partial charge in [-0.2, -0.15) is 0 Å². The number of nitrogens with one attached hydrogen (secondary N) is 1. The molecule has 0 aliphatic carbocycles. The van der Waals surface area contributed by atoms with E-state index in [1.807, 2.05) is 66.4 Å². The number of carbonyl (C=O) groups is 2. The third kappa shape index (κ3) is 3.62. The Morgan fingerprint density at radius 2 is 2.00 bits per heavy atom. The van der Waals surface area contributed by atoms with E-state index in [9.17, 15) is 9.59 Å². The van der Waals surface area contributed by atoms with E-state index >= 15 is 0 Å². The van der Waals surface area contributed by atoms with Crippen LogP contribution in [0.5, 0.6) is 0 Å². The van der Waals surface area contributed by atoms with Crippen molar-refractivity contribution in [3.05, 3.63) is 60.2 Å². The van der Waals surface area contributed by atoms with E-state index in [4.69, 9.17) is 0 Å². The van der Waals surface area contributed by atoms with Crippen LogP contribution in [0.25, 0.3) is 0 Å². The topological polar surface area (TPSA) is 49.4 Å². The fraction of sp³-hybridized carbons (Fsp3) is 0.263. The number of hydrogen-bond acceptors (Lipinski definition) is 3. The number of anilines is 2. The van der Waals surface area contributed by atoms with E-state index in [0.717, 1.165) is 23.4 Å². The predicted molar refractivity (Wildman–Crippen MR) is 99.1 cm³/mol. The zero-order valence-electron chi connectivity index (χ0n) is 13.6. The summed E-state index contributed by atoms with van der Waals surface area (Å²) in [6.07, 6.45) is 1.33. The molecule has 1 atom stereocenters. The molecule has 4 nitrogen and oxygen atoms in total. The molecule has 1 heterocycles. The van der Waals surface area contributed by atoms with E-state index in [2.05, 4.69) is 5.32 Å². The molecule has 3 rings (SSSR count). The molecule has 1 saturated heterocycles. The first-order valence-electron chi connectivity index (χ1n) is 8.07. The lowest BCUT2D eigenvalue weighted by molar-refractivity contribution is -0.116. The third-order valence-corrected chi connectivity index (χ3v) is 5.05. The molecule has 1 fully saturated rings. The zero-order chi connectivity index (χ0) is 16.9. The van der Waals surface area contributed by atoms with Crippen molar-refractivity contribution in [2.45, 2.75) is 25.1 Å². The van der Waals surface area contributed by atoms with Crippen LogP contribution in [0, 0.1) is 0 Å². The van der Waals surface area contributed by atoms with Gasteiger partial charge in [-0.1, -0.05) is 37.3 Å². The molecule has 0 radical (unpaired) electrons. The van der Waals surface area contributed by atoms with Crippen LogP contribution in [0.1, 0.15) is 30.7 Å². The Morgan fingerprint density at radius 3 is 2.75 bits per heavy atom. The van der Waals surface area contributed by atoms with Gasteiger partial charge in [0.05, 0.1) is 5.75 Å². The van der Waals surface area contributed by atoms with E-state index < -0.39 is 0 Å². The second kappa shape index (κ2) is 7.53. The smallest absolute Gasteiger partial charge is 0.238 e. The number of rotatable bonds is 5. The van der Waals surface area contributed by atoms with Crippen LogP contribution >= 0.6 is 11.8 Å². The average molecular weight is 340 g/mol. The molecule has 0 spiro atoms. The summed E-state index contributed by atoms with van der Waals surface area (Å²) in [6, 6.07) is 17.5. The monoisotopic (exact) mass is 340 g/mol. The zero-order valence-corrected chi connectivity index (χ0v) is 14.4. The van der Waals surface area contributed by atoms with Gasteiger partial charge in [0.2, 0.25) is 11.8 Å². The minimum absolute atomic E-state index is 0.0183. The molecule has 2 amide bonds. The standard InChI is InChI=1S/C19H20N2O2S/c1-2-7-17(22)20-15-9-6-8-14(12-15)19-21(18(23)13-24-19)16-10-4-3-5-11-16/h3-6,8-12,19H,2,7,13H2,1H3,(H,20,22)/t19-/m0/s1.